The van der Waals surface area contributed by atoms with Gasteiger partial charge in [-0.2, -0.15) is 0 Å². The van der Waals surface area contributed by atoms with Crippen LogP contribution in [0, 0.1) is 0 Å². The molecule has 342 valence electrons. The normalized spacial score (nSPS) is 14.3. The highest BCUT2D eigenvalue weighted by molar-refractivity contribution is 6.25. The van der Waals surface area contributed by atoms with E-state index in [4.69, 9.17) is 0 Å². The predicted molar refractivity (Wildman–Crippen MR) is 306 cm³/mol. The van der Waals surface area contributed by atoms with E-state index < -0.39 is 0 Å². The molecular formula is C70H52N2. The second-order valence-corrected chi connectivity index (χ2v) is 20.9. The van der Waals surface area contributed by atoms with E-state index in [0.29, 0.717) is 0 Å². The Kier molecular flexibility index (Phi) is 9.32. The van der Waals surface area contributed by atoms with Gasteiger partial charge in [0.1, 0.15) is 0 Å². The van der Waals surface area contributed by atoms with Crippen LogP contribution in [0.4, 0.5) is 34.1 Å². The summed E-state index contributed by atoms with van der Waals surface area (Å²) >= 11 is 0. The molecular weight excluding hydrogens is 869 g/mol. The summed E-state index contributed by atoms with van der Waals surface area (Å²) in [7, 11) is 0. The molecule has 0 N–H and O–H groups in total. The monoisotopic (exact) mass is 920 g/mol. The summed E-state index contributed by atoms with van der Waals surface area (Å²) in [6, 6.07) is 90.9. The van der Waals surface area contributed by atoms with Gasteiger partial charge in [-0.25, -0.2) is 0 Å². The van der Waals surface area contributed by atoms with Crippen molar-refractivity contribution < 1.29 is 0 Å². The minimum atomic E-state index is -0.171. The number of rotatable bonds is 5. The highest BCUT2D eigenvalue weighted by atomic mass is 15.2. The highest BCUT2D eigenvalue weighted by Crippen LogP contribution is 2.56. The van der Waals surface area contributed by atoms with Gasteiger partial charge in [0.05, 0.1) is 22.7 Å². The Morgan fingerprint density at radius 1 is 0.264 bits per heavy atom. The number of benzene rings is 12. The topological polar surface area (TPSA) is 6.48 Å². The number of hydrogen-bond acceptors (Lipinski definition) is 2. The van der Waals surface area contributed by atoms with Gasteiger partial charge in [0.15, 0.2) is 0 Å². The van der Waals surface area contributed by atoms with Gasteiger partial charge in [0.25, 0.3) is 0 Å². The first kappa shape index (κ1) is 42.2. The lowest BCUT2D eigenvalue weighted by molar-refractivity contribution is 0.632. The maximum atomic E-state index is 2.50. The van der Waals surface area contributed by atoms with Gasteiger partial charge in [0, 0.05) is 22.2 Å². The van der Waals surface area contributed by atoms with Crippen LogP contribution < -0.4 is 9.80 Å². The lowest BCUT2D eigenvalue weighted by Crippen LogP contribution is -2.30. The molecule has 0 unspecified atom stereocenters. The molecule has 12 aromatic rings. The molecule has 2 heteroatoms. The van der Waals surface area contributed by atoms with E-state index in [1.807, 2.05) is 0 Å². The molecule has 0 fully saturated rings. The Morgan fingerprint density at radius 2 is 0.694 bits per heavy atom. The fraction of sp³-hybridized carbons (Fsp3) is 0.0857. The van der Waals surface area contributed by atoms with Crippen molar-refractivity contribution in [2.75, 3.05) is 9.80 Å². The van der Waals surface area contributed by atoms with Crippen LogP contribution in [0.3, 0.4) is 0 Å². The van der Waals surface area contributed by atoms with Crippen LogP contribution in [0.1, 0.15) is 49.9 Å². The molecule has 0 saturated carbocycles. The van der Waals surface area contributed by atoms with Gasteiger partial charge in [-0.15, -0.1) is 0 Å². The van der Waals surface area contributed by atoms with Gasteiger partial charge in [-0.05, 0) is 159 Å². The largest absolute Gasteiger partial charge is 0.310 e. The van der Waals surface area contributed by atoms with Crippen molar-refractivity contribution in [3.63, 3.8) is 0 Å². The molecule has 2 aliphatic rings. The maximum absolute atomic E-state index is 2.50. The lowest BCUT2D eigenvalue weighted by atomic mass is 9.73. The van der Waals surface area contributed by atoms with Gasteiger partial charge >= 0.3 is 0 Å². The van der Waals surface area contributed by atoms with Gasteiger partial charge in [-0.1, -0.05) is 210 Å². The zero-order valence-corrected chi connectivity index (χ0v) is 41.0. The van der Waals surface area contributed by atoms with Crippen molar-refractivity contribution in [2.24, 2.45) is 0 Å². The van der Waals surface area contributed by atoms with E-state index in [1.165, 1.54) is 121 Å². The molecule has 0 aliphatic carbocycles. The summed E-state index contributed by atoms with van der Waals surface area (Å²) in [4.78, 5) is 5.00. The van der Waals surface area contributed by atoms with Gasteiger partial charge < -0.3 is 9.80 Å². The Bertz CT molecular complexity index is 4090. The van der Waals surface area contributed by atoms with Gasteiger partial charge in [0.2, 0.25) is 0 Å². The second kappa shape index (κ2) is 15.9. The molecule has 14 rings (SSSR count). The predicted octanol–water partition coefficient (Wildman–Crippen LogP) is 19.5. The third kappa shape index (κ3) is 6.28. The number of para-hydroxylation sites is 4. The minimum absolute atomic E-state index is 0.170. The average Bonchev–Trinajstić information content (AvgIpc) is 3.42. The zero-order chi connectivity index (χ0) is 48.3. The molecule has 0 spiro atoms. The first-order chi connectivity index (χ1) is 35.2. The van der Waals surface area contributed by atoms with Crippen molar-refractivity contribution in [3.8, 4) is 33.4 Å². The highest BCUT2D eigenvalue weighted by Gasteiger charge is 2.38. The second-order valence-electron chi connectivity index (χ2n) is 20.9. The summed E-state index contributed by atoms with van der Waals surface area (Å²) in [5, 5.41) is 9.79. The van der Waals surface area contributed by atoms with E-state index >= 15 is 0 Å². The quantitative estimate of drug-likeness (QED) is 0.159. The standard InChI is InChI=1S/C70H52N2/c1-69(2)59-27-9-13-31-63(59)71(64-32-14-10-28-60(64)69)51-38-40-56-57(43-51)67(50-24-17-23-48(42-50)49-36-35-45-19-5-6-21-47(45)41-49)55-39-37-52(44-58(55)68(56)54-26-18-22-46-20-7-8-25-53(46)54)72-65-33-15-11-29-61(65)70(3,4)62-30-12-16-34-66(62)72/h5-44H,1-4H3. The van der Waals surface area contributed by atoms with Crippen molar-refractivity contribution in [3.05, 3.63) is 265 Å². The number of anilines is 6. The van der Waals surface area contributed by atoms with Crippen LogP contribution in [-0.2, 0) is 10.8 Å². The third-order valence-electron chi connectivity index (χ3n) is 16.2. The average molecular weight is 921 g/mol. The molecule has 0 aromatic heterocycles. The van der Waals surface area contributed by atoms with E-state index in [0.717, 1.165) is 11.4 Å². The number of fused-ring (bicyclic) bond motifs is 8. The SMILES string of the molecule is CC1(C)c2ccccc2N(c2ccc3c(-c4cccc5ccccc45)c4cc(N5c6ccccc6C(C)(C)c6ccccc65)ccc4c(-c4cccc(-c5ccc6ccccc6c5)c4)c3c2)c2ccccc21. The lowest BCUT2D eigenvalue weighted by Gasteiger charge is -2.42. The Labute approximate surface area is 421 Å². The molecule has 12 aromatic carbocycles. The van der Waals surface area contributed by atoms with Crippen molar-refractivity contribution in [1.82, 2.24) is 0 Å². The molecule has 2 nitrogen and oxygen atoms in total. The van der Waals surface area contributed by atoms with E-state index in [1.54, 1.807) is 0 Å². The smallest absolute Gasteiger partial charge is 0.0502 e. The zero-order valence-electron chi connectivity index (χ0n) is 41.0. The first-order valence-corrected chi connectivity index (χ1v) is 25.3. The third-order valence-corrected chi connectivity index (χ3v) is 16.2. The molecule has 0 atom stereocenters. The summed E-state index contributed by atoms with van der Waals surface area (Å²) in [5.74, 6) is 0. The first-order valence-electron chi connectivity index (χ1n) is 25.3. The Hall–Kier alpha value is -8.72. The van der Waals surface area contributed by atoms with Gasteiger partial charge in [-0.3, -0.25) is 0 Å². The summed E-state index contributed by atoms with van der Waals surface area (Å²) < 4.78 is 0. The molecule has 72 heavy (non-hydrogen) atoms. The van der Waals surface area contributed by atoms with Crippen LogP contribution in [0.2, 0.25) is 0 Å². The number of nitrogens with zero attached hydrogens (tertiary/aromatic N) is 2. The molecule has 2 heterocycles. The van der Waals surface area contributed by atoms with Crippen molar-refractivity contribution in [1.29, 1.82) is 0 Å². The summed E-state index contributed by atoms with van der Waals surface area (Å²) in [5.41, 5.74) is 19.3. The van der Waals surface area contributed by atoms with Crippen LogP contribution in [0.5, 0.6) is 0 Å². The molecule has 2 aliphatic heterocycles. The van der Waals surface area contributed by atoms with E-state index in [-0.39, 0.29) is 10.8 Å². The molecule has 0 bridgehead atoms. The Balaban J connectivity index is 1.10. The van der Waals surface area contributed by atoms with Crippen LogP contribution in [0.15, 0.2) is 243 Å². The van der Waals surface area contributed by atoms with Crippen molar-refractivity contribution >= 4 is 77.2 Å². The minimum Gasteiger partial charge on any atom is -0.310 e. The van der Waals surface area contributed by atoms with Crippen LogP contribution in [-0.4, -0.2) is 0 Å². The molecule has 0 radical (unpaired) electrons. The molecule has 0 saturated heterocycles. The fourth-order valence-corrected chi connectivity index (χ4v) is 12.6. The van der Waals surface area contributed by atoms with E-state index in [2.05, 4.69) is 280 Å². The van der Waals surface area contributed by atoms with Crippen LogP contribution >= 0.6 is 0 Å². The maximum Gasteiger partial charge on any atom is 0.0502 e. The summed E-state index contributed by atoms with van der Waals surface area (Å²) in [6.45, 7) is 9.45. The molecule has 0 amide bonds. The number of hydrogen-bond donors (Lipinski definition) is 0. The van der Waals surface area contributed by atoms with E-state index in [9.17, 15) is 0 Å². The Morgan fingerprint density at radius 3 is 1.28 bits per heavy atom. The summed E-state index contributed by atoms with van der Waals surface area (Å²) in [6.07, 6.45) is 0. The fourth-order valence-electron chi connectivity index (χ4n) is 12.6. The van der Waals surface area contributed by atoms with Crippen molar-refractivity contribution in [2.45, 2.75) is 38.5 Å². The van der Waals surface area contributed by atoms with Crippen LogP contribution in [0.25, 0.3) is 76.5 Å².